The summed E-state index contributed by atoms with van der Waals surface area (Å²) in [5, 5.41) is 13.1. The molecule has 0 aliphatic carbocycles. The number of amides is 2. The maximum atomic E-state index is 14.4. The molecule has 1 saturated heterocycles. The minimum atomic E-state index is -0.781. The summed E-state index contributed by atoms with van der Waals surface area (Å²) in [6.45, 7) is 3.88. The fourth-order valence-corrected chi connectivity index (χ4v) is 4.21. The Bertz CT molecular complexity index is 1520. The van der Waals surface area contributed by atoms with E-state index in [0.29, 0.717) is 34.6 Å². The third kappa shape index (κ3) is 5.83. The maximum Gasteiger partial charge on any atom is 0.270 e. The summed E-state index contributed by atoms with van der Waals surface area (Å²) < 4.78 is 26.0. The highest BCUT2D eigenvalue weighted by Crippen LogP contribution is 2.35. The van der Waals surface area contributed by atoms with E-state index in [-0.39, 0.29) is 28.7 Å². The number of methoxy groups -OCH3 is 1. The average Bonchev–Trinajstić information content (AvgIpc) is 2.91. The average molecular weight is 548 g/mol. The molecule has 0 bridgehead atoms. The molecule has 0 radical (unpaired) electrons. The number of non-ortho nitro benzene ring substituents is 1. The van der Waals surface area contributed by atoms with Gasteiger partial charge in [-0.05, 0) is 72.2 Å². The number of halogens is 1. The fourth-order valence-electron chi connectivity index (χ4n) is 3.93. The number of carbonyl (C=O) groups excluding carboxylic acids is 2. The van der Waals surface area contributed by atoms with E-state index >= 15 is 0 Å². The third-order valence-electron chi connectivity index (χ3n) is 5.77. The SMILES string of the molecule is C=CCc1cc(/C=C2\C(=O)NC(=S)N(c3ccccc3F)C2=O)cc(OC)c1OCc1ccc([N+](=O)[O-])cc1. The molecule has 9 nitrogen and oxygen atoms in total. The number of allylic oxidation sites excluding steroid dienone is 1. The maximum absolute atomic E-state index is 14.4. The summed E-state index contributed by atoms with van der Waals surface area (Å²) in [5.41, 5.74) is 1.44. The molecule has 1 fully saturated rings. The van der Waals surface area contributed by atoms with Crippen molar-refractivity contribution in [3.63, 3.8) is 0 Å². The molecule has 0 spiro atoms. The summed E-state index contributed by atoms with van der Waals surface area (Å²) >= 11 is 5.14. The van der Waals surface area contributed by atoms with E-state index in [4.69, 9.17) is 21.7 Å². The zero-order valence-electron chi connectivity index (χ0n) is 20.7. The van der Waals surface area contributed by atoms with Gasteiger partial charge in [0, 0.05) is 17.7 Å². The van der Waals surface area contributed by atoms with Crippen LogP contribution >= 0.6 is 12.2 Å². The highest BCUT2D eigenvalue weighted by molar-refractivity contribution is 7.80. The van der Waals surface area contributed by atoms with Crippen LogP contribution in [0.5, 0.6) is 11.5 Å². The lowest BCUT2D eigenvalue weighted by Crippen LogP contribution is -2.54. The van der Waals surface area contributed by atoms with Crippen LogP contribution < -0.4 is 19.7 Å². The fraction of sp³-hybridized carbons (Fsp3) is 0.107. The number of benzene rings is 3. The molecule has 1 aliphatic rings. The van der Waals surface area contributed by atoms with E-state index in [1.807, 2.05) is 0 Å². The van der Waals surface area contributed by atoms with Crippen LogP contribution in [0.4, 0.5) is 15.8 Å². The quantitative estimate of drug-likeness (QED) is 0.102. The lowest BCUT2D eigenvalue weighted by molar-refractivity contribution is -0.384. The van der Waals surface area contributed by atoms with Gasteiger partial charge in [0.05, 0.1) is 17.7 Å². The molecule has 11 heteroatoms. The number of hydrogen-bond donors (Lipinski definition) is 1. The van der Waals surface area contributed by atoms with Gasteiger partial charge in [0.25, 0.3) is 17.5 Å². The van der Waals surface area contributed by atoms with E-state index < -0.39 is 22.6 Å². The smallest absolute Gasteiger partial charge is 0.270 e. The molecular weight excluding hydrogens is 525 g/mol. The van der Waals surface area contributed by atoms with Crippen LogP contribution in [0.2, 0.25) is 0 Å². The summed E-state index contributed by atoms with van der Waals surface area (Å²) in [6, 6.07) is 14.9. The normalized spacial score (nSPS) is 14.3. The molecule has 0 aromatic heterocycles. The number of nitrogens with zero attached hydrogens (tertiary/aromatic N) is 2. The van der Waals surface area contributed by atoms with Gasteiger partial charge in [0.1, 0.15) is 18.0 Å². The van der Waals surface area contributed by atoms with Crippen molar-refractivity contribution in [2.24, 2.45) is 0 Å². The van der Waals surface area contributed by atoms with E-state index in [1.165, 1.54) is 43.5 Å². The number of carbonyl (C=O) groups is 2. The van der Waals surface area contributed by atoms with Crippen molar-refractivity contribution in [1.82, 2.24) is 5.32 Å². The van der Waals surface area contributed by atoms with Crippen LogP contribution in [0, 0.1) is 15.9 Å². The molecule has 198 valence electrons. The van der Waals surface area contributed by atoms with Gasteiger partial charge in [-0.3, -0.25) is 25.0 Å². The van der Waals surface area contributed by atoms with Gasteiger partial charge in [-0.2, -0.15) is 0 Å². The predicted octanol–water partition coefficient (Wildman–Crippen LogP) is 4.88. The number of ether oxygens (including phenoxy) is 2. The number of thiocarbonyl (C=S) groups is 1. The van der Waals surface area contributed by atoms with E-state index in [9.17, 15) is 24.1 Å². The van der Waals surface area contributed by atoms with Crippen LogP contribution in [0.3, 0.4) is 0 Å². The molecule has 39 heavy (non-hydrogen) atoms. The lowest BCUT2D eigenvalue weighted by atomic mass is 10.0. The van der Waals surface area contributed by atoms with Crippen molar-refractivity contribution >= 4 is 46.6 Å². The number of nitrogens with one attached hydrogen (secondary N) is 1. The predicted molar refractivity (Wildman–Crippen MR) is 147 cm³/mol. The Morgan fingerprint density at radius 3 is 2.51 bits per heavy atom. The van der Waals surface area contributed by atoms with Crippen molar-refractivity contribution in [2.45, 2.75) is 13.0 Å². The number of para-hydroxylation sites is 1. The number of nitro benzene ring substituents is 1. The van der Waals surface area contributed by atoms with Crippen LogP contribution in [-0.2, 0) is 22.6 Å². The summed E-state index contributed by atoms with van der Waals surface area (Å²) in [7, 11) is 1.44. The first kappa shape index (κ1) is 27.1. The van der Waals surface area contributed by atoms with Gasteiger partial charge < -0.3 is 9.47 Å². The van der Waals surface area contributed by atoms with Crippen molar-refractivity contribution in [3.8, 4) is 11.5 Å². The molecule has 1 heterocycles. The monoisotopic (exact) mass is 547 g/mol. The Balaban J connectivity index is 1.68. The first-order valence-corrected chi connectivity index (χ1v) is 12.0. The van der Waals surface area contributed by atoms with Crippen LogP contribution in [0.15, 0.2) is 78.9 Å². The Morgan fingerprint density at radius 2 is 1.87 bits per heavy atom. The lowest BCUT2D eigenvalue weighted by Gasteiger charge is -2.29. The van der Waals surface area contributed by atoms with Crippen molar-refractivity contribution < 1.29 is 28.4 Å². The van der Waals surface area contributed by atoms with Crippen molar-refractivity contribution in [1.29, 1.82) is 0 Å². The second-order valence-electron chi connectivity index (χ2n) is 8.33. The van der Waals surface area contributed by atoms with Gasteiger partial charge in [0.2, 0.25) is 0 Å². The zero-order chi connectivity index (χ0) is 28.1. The third-order valence-corrected chi connectivity index (χ3v) is 6.06. The second kappa shape index (κ2) is 11.7. The van der Waals surface area contributed by atoms with E-state index in [1.54, 1.807) is 36.4 Å². The highest BCUT2D eigenvalue weighted by Gasteiger charge is 2.35. The first-order chi connectivity index (χ1) is 18.7. The summed E-state index contributed by atoms with van der Waals surface area (Å²) in [4.78, 5) is 37.4. The molecular formula is C28H22FN3O6S. The number of rotatable bonds is 9. The molecule has 3 aromatic carbocycles. The molecule has 2 amide bonds. The Kier molecular flexibility index (Phi) is 8.11. The van der Waals surface area contributed by atoms with Gasteiger partial charge in [-0.1, -0.05) is 18.2 Å². The minimum absolute atomic E-state index is 0.0308. The zero-order valence-corrected chi connectivity index (χ0v) is 21.5. The standard InChI is InChI=1S/C28H22FN3O6S/c1-3-6-19-13-18(15-24(37-2)25(19)38-16-17-9-11-20(12-10-17)32(35)36)14-21-26(33)30-28(39)31(27(21)34)23-8-5-4-7-22(23)29/h3-5,7-15H,1,6,16H2,2H3,(H,30,33,39)/b21-14+. The van der Waals surface area contributed by atoms with Gasteiger partial charge in [-0.15, -0.1) is 6.58 Å². The van der Waals surface area contributed by atoms with Crippen molar-refractivity contribution in [2.75, 3.05) is 12.0 Å². The summed E-state index contributed by atoms with van der Waals surface area (Å²) in [5.74, 6) is -1.44. The molecule has 4 rings (SSSR count). The highest BCUT2D eigenvalue weighted by atomic mass is 32.1. The summed E-state index contributed by atoms with van der Waals surface area (Å²) in [6.07, 6.45) is 3.39. The Labute approximate surface area is 228 Å². The number of hydrogen-bond acceptors (Lipinski definition) is 7. The molecule has 1 N–H and O–H groups in total. The number of anilines is 1. The van der Waals surface area contributed by atoms with Crippen LogP contribution in [0.1, 0.15) is 16.7 Å². The van der Waals surface area contributed by atoms with Crippen LogP contribution in [-0.4, -0.2) is 29.0 Å². The molecule has 1 aliphatic heterocycles. The van der Waals surface area contributed by atoms with Crippen LogP contribution in [0.25, 0.3) is 6.08 Å². The van der Waals surface area contributed by atoms with Gasteiger partial charge in [0.15, 0.2) is 16.6 Å². The van der Waals surface area contributed by atoms with E-state index in [0.717, 1.165) is 4.90 Å². The molecule has 0 atom stereocenters. The Hall–Kier alpha value is -4.90. The minimum Gasteiger partial charge on any atom is -0.493 e. The Morgan fingerprint density at radius 1 is 1.15 bits per heavy atom. The second-order valence-corrected chi connectivity index (χ2v) is 8.71. The number of nitro groups is 1. The van der Waals surface area contributed by atoms with E-state index in [2.05, 4.69) is 11.9 Å². The van der Waals surface area contributed by atoms with Gasteiger partial charge >= 0.3 is 0 Å². The topological polar surface area (TPSA) is 111 Å². The largest absolute Gasteiger partial charge is 0.493 e. The molecule has 3 aromatic rings. The first-order valence-electron chi connectivity index (χ1n) is 11.6. The van der Waals surface area contributed by atoms with Crippen molar-refractivity contribution in [3.05, 3.63) is 112 Å². The molecule has 0 saturated carbocycles. The molecule has 0 unspecified atom stereocenters. The van der Waals surface area contributed by atoms with Gasteiger partial charge in [-0.25, -0.2) is 9.29 Å².